The van der Waals surface area contributed by atoms with Crippen LogP contribution in [-0.4, -0.2) is 17.8 Å². The van der Waals surface area contributed by atoms with E-state index in [9.17, 15) is 0 Å². The first-order valence-corrected chi connectivity index (χ1v) is 3.78. The molecule has 1 heterocycles. The SMILES string of the molecule is C=C1CCCCN1/N=C\C. The summed E-state index contributed by atoms with van der Waals surface area (Å²) >= 11 is 0. The third kappa shape index (κ3) is 1.59. The van der Waals surface area contributed by atoms with Crippen LogP contribution in [-0.2, 0) is 0 Å². The summed E-state index contributed by atoms with van der Waals surface area (Å²) in [4.78, 5) is 0. The normalized spacial score (nSPS) is 20.5. The maximum absolute atomic E-state index is 4.17. The van der Waals surface area contributed by atoms with E-state index in [0.29, 0.717) is 0 Å². The Labute approximate surface area is 62.2 Å². The Morgan fingerprint density at radius 2 is 2.40 bits per heavy atom. The number of piperidine rings is 1. The number of hydrogen-bond acceptors (Lipinski definition) is 2. The minimum atomic E-state index is 1.04. The van der Waals surface area contributed by atoms with Gasteiger partial charge in [0.25, 0.3) is 0 Å². The fraction of sp³-hybridized carbons (Fsp3) is 0.625. The second-order valence-electron chi connectivity index (χ2n) is 2.52. The third-order valence-corrected chi connectivity index (χ3v) is 1.71. The largest absolute Gasteiger partial charge is 0.271 e. The van der Waals surface area contributed by atoms with Crippen LogP contribution in [0.2, 0.25) is 0 Å². The molecule has 0 aliphatic carbocycles. The Balaban J connectivity index is 2.48. The Bertz CT molecular complexity index is 149. The van der Waals surface area contributed by atoms with Crippen LogP contribution in [0.5, 0.6) is 0 Å². The van der Waals surface area contributed by atoms with Gasteiger partial charge in [0.15, 0.2) is 0 Å². The van der Waals surface area contributed by atoms with Crippen molar-refractivity contribution in [2.24, 2.45) is 5.10 Å². The molecule has 10 heavy (non-hydrogen) atoms. The second kappa shape index (κ2) is 3.40. The second-order valence-corrected chi connectivity index (χ2v) is 2.52. The van der Waals surface area contributed by atoms with Gasteiger partial charge in [0.1, 0.15) is 0 Å². The zero-order chi connectivity index (χ0) is 7.40. The van der Waals surface area contributed by atoms with Gasteiger partial charge in [-0.2, -0.15) is 5.10 Å². The molecule has 1 rings (SSSR count). The smallest absolute Gasteiger partial charge is 0.0411 e. The highest BCUT2D eigenvalue weighted by molar-refractivity contribution is 5.52. The lowest BCUT2D eigenvalue weighted by molar-refractivity contribution is 0.307. The van der Waals surface area contributed by atoms with Crippen molar-refractivity contribution < 1.29 is 0 Å². The molecular weight excluding hydrogens is 124 g/mol. The monoisotopic (exact) mass is 138 g/mol. The molecular formula is C8H14N2. The topological polar surface area (TPSA) is 15.6 Å². The van der Waals surface area contributed by atoms with Crippen LogP contribution in [0.3, 0.4) is 0 Å². The maximum Gasteiger partial charge on any atom is 0.0411 e. The number of rotatable bonds is 1. The van der Waals surface area contributed by atoms with Gasteiger partial charge in [-0.25, -0.2) is 0 Å². The van der Waals surface area contributed by atoms with E-state index >= 15 is 0 Å². The Morgan fingerprint density at radius 1 is 1.60 bits per heavy atom. The quantitative estimate of drug-likeness (QED) is 0.506. The maximum atomic E-state index is 4.17. The lowest BCUT2D eigenvalue weighted by Gasteiger charge is -2.25. The highest BCUT2D eigenvalue weighted by Gasteiger charge is 2.10. The van der Waals surface area contributed by atoms with Crippen LogP contribution in [0.25, 0.3) is 0 Å². The van der Waals surface area contributed by atoms with Crippen molar-refractivity contribution >= 4 is 6.21 Å². The average molecular weight is 138 g/mol. The summed E-state index contributed by atoms with van der Waals surface area (Å²) in [5.74, 6) is 0. The molecule has 0 N–H and O–H groups in total. The molecule has 2 nitrogen and oxygen atoms in total. The summed E-state index contributed by atoms with van der Waals surface area (Å²) in [7, 11) is 0. The highest BCUT2D eigenvalue weighted by atomic mass is 15.5. The molecule has 0 saturated carbocycles. The number of hydrazone groups is 1. The van der Waals surface area contributed by atoms with Gasteiger partial charge in [-0.05, 0) is 26.2 Å². The molecule has 0 spiro atoms. The van der Waals surface area contributed by atoms with Gasteiger partial charge in [0.05, 0.1) is 0 Å². The number of nitrogens with zero attached hydrogens (tertiary/aromatic N) is 2. The van der Waals surface area contributed by atoms with Gasteiger partial charge in [0.2, 0.25) is 0 Å². The molecule has 56 valence electrons. The van der Waals surface area contributed by atoms with E-state index in [2.05, 4.69) is 11.7 Å². The molecule has 0 bridgehead atoms. The number of hydrogen-bond donors (Lipinski definition) is 0. The van der Waals surface area contributed by atoms with E-state index < -0.39 is 0 Å². The van der Waals surface area contributed by atoms with Crippen molar-refractivity contribution in [2.75, 3.05) is 6.54 Å². The summed E-state index contributed by atoms with van der Waals surface area (Å²) in [6, 6.07) is 0. The fourth-order valence-corrected chi connectivity index (χ4v) is 1.16. The van der Waals surface area contributed by atoms with Crippen LogP contribution in [0.4, 0.5) is 0 Å². The molecule has 0 radical (unpaired) electrons. The molecule has 0 unspecified atom stereocenters. The van der Waals surface area contributed by atoms with E-state index in [1.165, 1.54) is 12.8 Å². The predicted octanol–water partition coefficient (Wildman–Crippen LogP) is 1.99. The zero-order valence-corrected chi connectivity index (χ0v) is 6.51. The molecule has 0 aromatic heterocycles. The van der Waals surface area contributed by atoms with Crippen LogP contribution >= 0.6 is 0 Å². The van der Waals surface area contributed by atoms with E-state index in [0.717, 1.165) is 18.7 Å². The van der Waals surface area contributed by atoms with E-state index in [-0.39, 0.29) is 0 Å². The van der Waals surface area contributed by atoms with Crippen LogP contribution in [0, 0.1) is 0 Å². The van der Waals surface area contributed by atoms with Crippen molar-refractivity contribution in [3.63, 3.8) is 0 Å². The fourth-order valence-electron chi connectivity index (χ4n) is 1.16. The van der Waals surface area contributed by atoms with E-state index in [4.69, 9.17) is 0 Å². The molecule has 1 aliphatic rings. The van der Waals surface area contributed by atoms with Gasteiger partial charge in [-0.15, -0.1) is 0 Å². The van der Waals surface area contributed by atoms with Crippen molar-refractivity contribution in [3.8, 4) is 0 Å². The number of allylic oxidation sites excluding steroid dienone is 1. The minimum Gasteiger partial charge on any atom is -0.271 e. The Hall–Kier alpha value is -0.790. The summed E-state index contributed by atoms with van der Waals surface area (Å²) in [5, 5.41) is 6.16. The van der Waals surface area contributed by atoms with Crippen LogP contribution < -0.4 is 0 Å². The van der Waals surface area contributed by atoms with Crippen LogP contribution in [0.15, 0.2) is 17.4 Å². The summed E-state index contributed by atoms with van der Waals surface area (Å²) < 4.78 is 0. The zero-order valence-electron chi connectivity index (χ0n) is 6.51. The van der Waals surface area contributed by atoms with E-state index in [1.54, 1.807) is 0 Å². The molecule has 0 aromatic rings. The highest BCUT2D eigenvalue weighted by Crippen LogP contribution is 2.17. The van der Waals surface area contributed by atoms with Gasteiger partial charge in [-0.3, -0.25) is 5.01 Å². The molecule has 1 aliphatic heterocycles. The van der Waals surface area contributed by atoms with Crippen molar-refractivity contribution in [1.82, 2.24) is 5.01 Å². The minimum absolute atomic E-state index is 1.04. The van der Waals surface area contributed by atoms with Gasteiger partial charge < -0.3 is 0 Å². The Kier molecular flexibility index (Phi) is 2.49. The lowest BCUT2D eigenvalue weighted by Crippen LogP contribution is -2.21. The molecule has 0 amide bonds. The summed E-state index contributed by atoms with van der Waals surface area (Å²) in [5.41, 5.74) is 1.16. The predicted molar refractivity (Wildman–Crippen MR) is 43.9 cm³/mol. The molecule has 1 saturated heterocycles. The molecule has 1 fully saturated rings. The summed E-state index contributed by atoms with van der Waals surface area (Å²) in [6.45, 7) is 6.90. The van der Waals surface area contributed by atoms with Gasteiger partial charge >= 0.3 is 0 Å². The summed E-state index contributed by atoms with van der Waals surface area (Å²) in [6.07, 6.45) is 5.44. The molecule has 0 atom stereocenters. The standard InChI is InChI=1S/C8H14N2/c1-3-9-10-7-5-4-6-8(10)2/h3H,2,4-7H2,1H3/b9-3-. The first kappa shape index (κ1) is 7.32. The van der Waals surface area contributed by atoms with Crippen molar-refractivity contribution in [2.45, 2.75) is 26.2 Å². The molecule has 2 heteroatoms. The third-order valence-electron chi connectivity index (χ3n) is 1.71. The van der Waals surface area contributed by atoms with Gasteiger partial charge in [-0.1, -0.05) is 6.58 Å². The average Bonchev–Trinajstić information content (AvgIpc) is 1.94. The van der Waals surface area contributed by atoms with E-state index in [1.807, 2.05) is 18.1 Å². The first-order valence-electron chi connectivity index (χ1n) is 3.78. The van der Waals surface area contributed by atoms with Crippen LogP contribution in [0.1, 0.15) is 26.2 Å². The van der Waals surface area contributed by atoms with Gasteiger partial charge in [0, 0.05) is 18.5 Å². The molecule has 0 aromatic carbocycles. The Morgan fingerprint density at radius 3 is 3.00 bits per heavy atom. The van der Waals surface area contributed by atoms with Crippen molar-refractivity contribution in [1.29, 1.82) is 0 Å². The first-order chi connectivity index (χ1) is 4.84. The lowest BCUT2D eigenvalue weighted by atomic mass is 10.1. The van der Waals surface area contributed by atoms with Crippen molar-refractivity contribution in [3.05, 3.63) is 12.3 Å².